The molecule has 0 bridgehead atoms. The Bertz CT molecular complexity index is 822. The van der Waals surface area contributed by atoms with Gasteiger partial charge in [-0.2, -0.15) is 0 Å². The number of hydrogen-bond acceptors (Lipinski definition) is 5. The maximum Gasteiger partial charge on any atom is 0.258 e. The van der Waals surface area contributed by atoms with Gasteiger partial charge in [0.05, 0.1) is 12.2 Å². The SMILES string of the molecule is O=C(CN1CCN(Cc2cc(=O)n3ccccc3n2)CC1)NC1CC1. The molecule has 0 radical (unpaired) electrons. The number of carbonyl (C=O) groups is 1. The normalized spacial score (nSPS) is 19.2. The molecule has 25 heavy (non-hydrogen) atoms. The van der Waals surface area contributed by atoms with Gasteiger partial charge in [-0.1, -0.05) is 6.07 Å². The number of fused-ring (bicyclic) bond motifs is 1. The van der Waals surface area contributed by atoms with Crippen molar-refractivity contribution < 1.29 is 4.79 Å². The maximum absolute atomic E-state index is 12.2. The molecule has 0 aromatic carbocycles. The molecule has 2 aliphatic rings. The third kappa shape index (κ3) is 4.05. The van der Waals surface area contributed by atoms with Gasteiger partial charge in [0.2, 0.25) is 5.91 Å². The van der Waals surface area contributed by atoms with E-state index in [1.165, 1.54) is 0 Å². The summed E-state index contributed by atoms with van der Waals surface area (Å²) in [4.78, 5) is 33.1. The van der Waals surface area contributed by atoms with E-state index in [2.05, 4.69) is 20.1 Å². The molecule has 1 amide bonds. The van der Waals surface area contributed by atoms with Crippen molar-refractivity contribution in [1.29, 1.82) is 0 Å². The van der Waals surface area contributed by atoms with Crippen LogP contribution in [0.15, 0.2) is 35.3 Å². The van der Waals surface area contributed by atoms with Gasteiger partial charge in [0.25, 0.3) is 5.56 Å². The molecule has 2 fully saturated rings. The number of nitrogens with one attached hydrogen (secondary N) is 1. The van der Waals surface area contributed by atoms with Crippen molar-refractivity contribution in [3.63, 3.8) is 0 Å². The first-order chi connectivity index (χ1) is 12.2. The van der Waals surface area contributed by atoms with Crippen LogP contribution in [0.25, 0.3) is 5.65 Å². The highest BCUT2D eigenvalue weighted by Crippen LogP contribution is 2.18. The van der Waals surface area contributed by atoms with Crippen molar-refractivity contribution in [1.82, 2.24) is 24.5 Å². The Labute approximate surface area is 146 Å². The maximum atomic E-state index is 12.2. The number of amides is 1. The number of rotatable bonds is 5. The van der Waals surface area contributed by atoms with E-state index < -0.39 is 0 Å². The van der Waals surface area contributed by atoms with Crippen molar-refractivity contribution in [3.8, 4) is 0 Å². The van der Waals surface area contributed by atoms with Gasteiger partial charge in [-0.05, 0) is 25.0 Å². The molecular formula is C18H23N5O2. The highest BCUT2D eigenvalue weighted by molar-refractivity contribution is 5.78. The smallest absolute Gasteiger partial charge is 0.258 e. The lowest BCUT2D eigenvalue weighted by molar-refractivity contribution is -0.122. The molecule has 2 aromatic rings. The first-order valence-electron chi connectivity index (χ1n) is 8.89. The Balaban J connectivity index is 1.32. The summed E-state index contributed by atoms with van der Waals surface area (Å²) in [5.41, 5.74) is 1.44. The van der Waals surface area contributed by atoms with Crippen molar-refractivity contribution in [2.45, 2.75) is 25.4 Å². The van der Waals surface area contributed by atoms with Crippen LogP contribution in [-0.4, -0.2) is 63.9 Å². The average Bonchev–Trinajstić information content (AvgIpc) is 3.40. The zero-order chi connectivity index (χ0) is 17.2. The van der Waals surface area contributed by atoms with Crippen LogP contribution in [0.3, 0.4) is 0 Å². The minimum atomic E-state index is -0.0454. The number of aromatic nitrogens is 2. The molecule has 2 aromatic heterocycles. The Hall–Kier alpha value is -2.25. The third-order valence-corrected chi connectivity index (χ3v) is 4.78. The second kappa shape index (κ2) is 6.93. The van der Waals surface area contributed by atoms with Gasteiger partial charge in [0.15, 0.2) is 0 Å². The number of pyridine rings is 1. The largest absolute Gasteiger partial charge is 0.352 e. The lowest BCUT2D eigenvalue weighted by atomic mass is 10.2. The Kier molecular flexibility index (Phi) is 4.50. The lowest BCUT2D eigenvalue weighted by Crippen LogP contribution is -2.49. The molecule has 1 saturated heterocycles. The fraction of sp³-hybridized carbons (Fsp3) is 0.500. The minimum absolute atomic E-state index is 0.0454. The second-order valence-corrected chi connectivity index (χ2v) is 6.91. The summed E-state index contributed by atoms with van der Waals surface area (Å²) in [5, 5.41) is 3.03. The fourth-order valence-corrected chi connectivity index (χ4v) is 3.22. The summed E-state index contributed by atoms with van der Waals surface area (Å²) in [6.07, 6.45) is 3.98. The number of hydrogen-bond donors (Lipinski definition) is 1. The van der Waals surface area contributed by atoms with E-state index in [1.807, 2.05) is 18.2 Å². The van der Waals surface area contributed by atoms with Crippen LogP contribution in [0.5, 0.6) is 0 Å². The molecular weight excluding hydrogens is 318 g/mol. The van der Waals surface area contributed by atoms with Crippen LogP contribution >= 0.6 is 0 Å². The zero-order valence-corrected chi connectivity index (χ0v) is 14.2. The highest BCUT2D eigenvalue weighted by Gasteiger charge is 2.25. The molecule has 132 valence electrons. The van der Waals surface area contributed by atoms with Gasteiger partial charge in [-0.15, -0.1) is 0 Å². The molecule has 0 unspecified atom stereocenters. The zero-order valence-electron chi connectivity index (χ0n) is 14.2. The summed E-state index contributed by atoms with van der Waals surface area (Å²) in [6.45, 7) is 4.65. The summed E-state index contributed by atoms with van der Waals surface area (Å²) in [6, 6.07) is 7.60. The fourth-order valence-electron chi connectivity index (χ4n) is 3.22. The average molecular weight is 341 g/mol. The standard InChI is InChI=1S/C18H23N5O2/c24-17(20-14-4-5-14)13-22-9-7-21(8-10-22)12-15-11-18(25)23-6-2-1-3-16(23)19-15/h1-3,6,11,14H,4-5,7-10,12-13H2,(H,20,24). The van der Waals surface area contributed by atoms with E-state index in [-0.39, 0.29) is 11.5 Å². The molecule has 1 saturated carbocycles. The Morgan fingerprint density at radius 1 is 1.16 bits per heavy atom. The quantitative estimate of drug-likeness (QED) is 0.835. The van der Waals surface area contributed by atoms with Gasteiger partial charge < -0.3 is 5.32 Å². The second-order valence-electron chi connectivity index (χ2n) is 6.91. The van der Waals surface area contributed by atoms with Crippen LogP contribution in [0.2, 0.25) is 0 Å². The van der Waals surface area contributed by atoms with E-state index in [9.17, 15) is 9.59 Å². The van der Waals surface area contributed by atoms with Crippen LogP contribution < -0.4 is 10.9 Å². The monoisotopic (exact) mass is 341 g/mol. The number of nitrogens with zero attached hydrogens (tertiary/aromatic N) is 4. The van der Waals surface area contributed by atoms with Crippen LogP contribution in [0.4, 0.5) is 0 Å². The molecule has 7 heteroatoms. The Morgan fingerprint density at radius 2 is 1.92 bits per heavy atom. The molecule has 4 rings (SSSR count). The summed E-state index contributed by atoms with van der Waals surface area (Å²) in [5.74, 6) is 0.139. The molecule has 3 heterocycles. The van der Waals surface area contributed by atoms with Gasteiger partial charge in [0.1, 0.15) is 5.65 Å². The third-order valence-electron chi connectivity index (χ3n) is 4.78. The minimum Gasteiger partial charge on any atom is -0.352 e. The predicted octanol–water partition coefficient (Wildman–Crippen LogP) is 0.0907. The van der Waals surface area contributed by atoms with Crippen LogP contribution in [-0.2, 0) is 11.3 Å². The van der Waals surface area contributed by atoms with Crippen molar-refractivity contribution in [3.05, 3.63) is 46.5 Å². The van der Waals surface area contributed by atoms with Crippen LogP contribution in [0, 0.1) is 0 Å². The number of carbonyl (C=O) groups excluding carboxylic acids is 1. The van der Waals surface area contributed by atoms with Gasteiger partial charge in [-0.3, -0.25) is 23.8 Å². The van der Waals surface area contributed by atoms with E-state index in [0.717, 1.165) is 44.7 Å². The van der Waals surface area contributed by atoms with E-state index >= 15 is 0 Å². The van der Waals surface area contributed by atoms with E-state index in [4.69, 9.17) is 0 Å². The molecule has 0 atom stereocenters. The van der Waals surface area contributed by atoms with E-state index in [0.29, 0.717) is 24.8 Å². The Morgan fingerprint density at radius 3 is 2.68 bits per heavy atom. The topological polar surface area (TPSA) is 70.0 Å². The molecule has 0 spiro atoms. The lowest BCUT2D eigenvalue weighted by Gasteiger charge is -2.34. The molecule has 1 aliphatic heterocycles. The first-order valence-corrected chi connectivity index (χ1v) is 8.89. The summed E-state index contributed by atoms with van der Waals surface area (Å²) >= 11 is 0. The first kappa shape index (κ1) is 16.2. The van der Waals surface area contributed by atoms with Crippen molar-refractivity contribution in [2.75, 3.05) is 32.7 Å². The van der Waals surface area contributed by atoms with Crippen molar-refractivity contribution >= 4 is 11.6 Å². The molecule has 7 nitrogen and oxygen atoms in total. The van der Waals surface area contributed by atoms with Gasteiger partial charge in [0, 0.05) is 51.0 Å². The van der Waals surface area contributed by atoms with Gasteiger partial charge in [-0.25, -0.2) is 4.98 Å². The summed E-state index contributed by atoms with van der Waals surface area (Å²) < 4.78 is 1.56. The van der Waals surface area contributed by atoms with Crippen LogP contribution in [0.1, 0.15) is 18.5 Å². The van der Waals surface area contributed by atoms with Gasteiger partial charge >= 0.3 is 0 Å². The summed E-state index contributed by atoms with van der Waals surface area (Å²) in [7, 11) is 0. The predicted molar refractivity (Wildman–Crippen MR) is 94.3 cm³/mol. The molecule has 1 aliphatic carbocycles. The van der Waals surface area contributed by atoms with E-state index in [1.54, 1.807) is 16.7 Å². The molecule has 1 N–H and O–H groups in total. The highest BCUT2D eigenvalue weighted by atomic mass is 16.2. The van der Waals surface area contributed by atoms with Crippen molar-refractivity contribution in [2.24, 2.45) is 0 Å². The number of piperazine rings is 1.